The van der Waals surface area contributed by atoms with Crippen LogP contribution in [0.3, 0.4) is 0 Å². The van der Waals surface area contributed by atoms with Gasteiger partial charge in [0.1, 0.15) is 0 Å². The van der Waals surface area contributed by atoms with Crippen LogP contribution in [-0.4, -0.2) is 50.6 Å². The first-order valence-electron chi connectivity index (χ1n) is 19.0. The van der Waals surface area contributed by atoms with Crippen LogP contribution in [0, 0.1) is 41.5 Å². The molecule has 0 bridgehead atoms. The maximum atomic E-state index is 14.5. The molecule has 1 aliphatic carbocycles. The molecule has 0 fully saturated rings. The normalized spacial score (nSPS) is 12.3. The number of sulfonamides is 2. The van der Waals surface area contributed by atoms with Crippen LogP contribution in [-0.2, 0) is 20.0 Å². The van der Waals surface area contributed by atoms with Gasteiger partial charge in [-0.25, -0.2) is 26.4 Å². The molecule has 0 aromatic heterocycles. The monoisotopic (exact) mass is 872 g/mol. The summed E-state index contributed by atoms with van der Waals surface area (Å²) in [5.41, 5.74) is 3.94. The van der Waals surface area contributed by atoms with E-state index in [1.165, 1.54) is 48.5 Å². The van der Waals surface area contributed by atoms with Crippen LogP contribution in [0.25, 0.3) is 0 Å². The summed E-state index contributed by atoms with van der Waals surface area (Å²) in [6.07, 6.45) is 0. The molecule has 0 unspecified atom stereocenters. The number of carboxylic acid groups (broad SMARTS) is 2. The number of fused-ring (bicyclic) bond motifs is 2. The van der Waals surface area contributed by atoms with Crippen molar-refractivity contribution in [1.82, 2.24) is 0 Å². The third kappa shape index (κ3) is 7.76. The third-order valence-electron chi connectivity index (χ3n) is 10.7. The quantitative estimate of drug-likeness (QED) is 0.0678. The molecule has 14 nitrogen and oxygen atoms in total. The van der Waals surface area contributed by atoms with E-state index in [-0.39, 0.29) is 65.9 Å². The lowest BCUT2D eigenvalue weighted by atomic mass is 9.82. The van der Waals surface area contributed by atoms with Gasteiger partial charge in [0.05, 0.1) is 43.4 Å². The highest BCUT2D eigenvalue weighted by Gasteiger charge is 2.35. The Morgan fingerprint density at radius 3 is 1.21 bits per heavy atom. The van der Waals surface area contributed by atoms with Crippen molar-refractivity contribution in [3.05, 3.63) is 164 Å². The van der Waals surface area contributed by atoms with Gasteiger partial charge in [0, 0.05) is 33.9 Å². The highest BCUT2D eigenvalue weighted by molar-refractivity contribution is 7.93. The number of aromatic carboxylic acids is 2. The molecule has 0 amide bonds. The van der Waals surface area contributed by atoms with Crippen LogP contribution in [0.5, 0.6) is 0 Å². The van der Waals surface area contributed by atoms with Gasteiger partial charge in [-0.05, 0) is 123 Å². The standard InChI is InChI=1S/C46H40N4O10S2/c1-23-19-25(3)43(61(57,58)49-31-13-9-11-29(21-31)45(53)54)27(5)39(23)47-35-17-18-36(38-37(35)41(51)33-15-7-8-16-34(33)42(38)52)48-40-24(2)20-26(4)44(28(40)6)62(59,60)50-32-14-10-12-30(22-32)46(55)56/h7-22,47-50H,1-6H3,(H,53,54)(H,55,56). The molecular weight excluding hydrogens is 833 g/mol. The van der Waals surface area contributed by atoms with Crippen LogP contribution in [0.1, 0.15) is 85.9 Å². The number of carboxylic acids is 2. The Morgan fingerprint density at radius 2 is 0.855 bits per heavy atom. The molecule has 0 heterocycles. The van der Waals surface area contributed by atoms with Gasteiger partial charge in [-0.1, -0.05) is 48.5 Å². The van der Waals surface area contributed by atoms with E-state index < -0.39 is 43.6 Å². The summed E-state index contributed by atoms with van der Waals surface area (Å²) in [4.78, 5) is 52.0. The van der Waals surface area contributed by atoms with Crippen LogP contribution >= 0.6 is 0 Å². The third-order valence-corrected chi connectivity index (χ3v) is 14.0. The molecule has 0 atom stereocenters. The molecule has 1 aliphatic rings. The summed E-state index contributed by atoms with van der Waals surface area (Å²) in [5.74, 6) is -3.41. The predicted octanol–water partition coefficient (Wildman–Crippen LogP) is 8.80. The SMILES string of the molecule is Cc1cc(C)c(S(=O)(=O)Nc2cccc(C(=O)O)c2)c(C)c1Nc1ccc(Nc2c(C)cc(C)c(S(=O)(=O)Nc3cccc(C(=O)O)c3)c2C)c2c1C(=O)c1ccccc1C2=O. The Hall–Kier alpha value is -7.30. The zero-order valence-electron chi connectivity index (χ0n) is 34.2. The van der Waals surface area contributed by atoms with Crippen LogP contribution in [0.15, 0.2) is 107 Å². The van der Waals surface area contributed by atoms with E-state index in [1.54, 1.807) is 90.1 Å². The molecule has 6 N–H and O–H groups in total. The van der Waals surface area contributed by atoms with Crippen molar-refractivity contribution < 1.29 is 46.2 Å². The molecule has 0 aliphatic heterocycles. The minimum absolute atomic E-state index is 0.00124. The minimum atomic E-state index is -4.30. The van der Waals surface area contributed by atoms with Crippen molar-refractivity contribution in [2.24, 2.45) is 0 Å². The molecule has 0 saturated heterocycles. The molecule has 316 valence electrons. The number of benzene rings is 6. The number of nitrogens with one attached hydrogen (secondary N) is 4. The number of aryl methyl sites for hydroxylation is 4. The Morgan fingerprint density at radius 1 is 0.484 bits per heavy atom. The Balaban J connectivity index is 1.33. The highest BCUT2D eigenvalue weighted by Crippen LogP contribution is 2.42. The van der Waals surface area contributed by atoms with Gasteiger partial charge in [0.2, 0.25) is 0 Å². The van der Waals surface area contributed by atoms with E-state index in [2.05, 4.69) is 20.1 Å². The molecule has 6 aromatic carbocycles. The molecular formula is C46H40N4O10S2. The fraction of sp³-hybridized carbons (Fsp3) is 0.130. The number of hydrogen-bond acceptors (Lipinski definition) is 10. The molecule has 0 saturated carbocycles. The molecule has 6 aromatic rings. The zero-order valence-corrected chi connectivity index (χ0v) is 35.8. The minimum Gasteiger partial charge on any atom is -0.478 e. The summed E-state index contributed by atoms with van der Waals surface area (Å²) in [6.45, 7) is 9.99. The first-order chi connectivity index (χ1) is 29.2. The van der Waals surface area contributed by atoms with Gasteiger partial charge in [-0.3, -0.25) is 19.0 Å². The summed E-state index contributed by atoms with van der Waals surface area (Å²) >= 11 is 0. The molecule has 16 heteroatoms. The number of ketones is 2. The zero-order chi connectivity index (χ0) is 45.0. The predicted molar refractivity (Wildman–Crippen MR) is 236 cm³/mol. The summed E-state index contributed by atoms with van der Waals surface area (Å²) in [6, 6.07) is 23.7. The van der Waals surface area contributed by atoms with E-state index in [4.69, 9.17) is 0 Å². The Labute approximate surface area is 357 Å². The second-order valence-electron chi connectivity index (χ2n) is 15.0. The average molecular weight is 873 g/mol. The maximum Gasteiger partial charge on any atom is 0.335 e. The van der Waals surface area contributed by atoms with E-state index >= 15 is 0 Å². The van der Waals surface area contributed by atoms with E-state index in [9.17, 15) is 46.2 Å². The molecule has 62 heavy (non-hydrogen) atoms. The fourth-order valence-corrected chi connectivity index (χ4v) is 11.1. The largest absolute Gasteiger partial charge is 0.478 e. The van der Waals surface area contributed by atoms with Crippen LogP contribution in [0.2, 0.25) is 0 Å². The van der Waals surface area contributed by atoms with Crippen molar-refractivity contribution >= 4 is 77.7 Å². The van der Waals surface area contributed by atoms with Crippen molar-refractivity contribution in [2.75, 3.05) is 20.1 Å². The lowest BCUT2D eigenvalue weighted by Crippen LogP contribution is -2.24. The topological polar surface area (TPSA) is 225 Å². The lowest BCUT2D eigenvalue weighted by Gasteiger charge is -2.26. The van der Waals surface area contributed by atoms with Gasteiger partial charge < -0.3 is 20.8 Å². The van der Waals surface area contributed by atoms with Crippen LogP contribution in [0.4, 0.5) is 34.1 Å². The van der Waals surface area contributed by atoms with Gasteiger partial charge >= 0.3 is 11.9 Å². The van der Waals surface area contributed by atoms with Crippen molar-refractivity contribution in [1.29, 1.82) is 0 Å². The molecule has 7 rings (SSSR count). The smallest absolute Gasteiger partial charge is 0.335 e. The molecule has 0 spiro atoms. The van der Waals surface area contributed by atoms with Crippen molar-refractivity contribution in [3.8, 4) is 0 Å². The summed E-state index contributed by atoms with van der Waals surface area (Å²) in [7, 11) is -8.60. The lowest BCUT2D eigenvalue weighted by molar-refractivity contribution is 0.0686. The van der Waals surface area contributed by atoms with Crippen molar-refractivity contribution in [3.63, 3.8) is 0 Å². The van der Waals surface area contributed by atoms with Gasteiger partial charge in [-0.15, -0.1) is 0 Å². The second kappa shape index (κ2) is 15.9. The second-order valence-corrected chi connectivity index (χ2v) is 18.3. The number of carbonyl (C=O) groups is 4. The van der Waals surface area contributed by atoms with E-state index in [1.807, 2.05) is 0 Å². The van der Waals surface area contributed by atoms with Crippen LogP contribution < -0.4 is 20.1 Å². The number of rotatable bonds is 12. The first kappa shape index (κ1) is 42.8. The first-order valence-corrected chi connectivity index (χ1v) is 22.0. The fourth-order valence-electron chi connectivity index (χ4n) is 8.09. The van der Waals surface area contributed by atoms with Gasteiger partial charge in [0.25, 0.3) is 20.0 Å². The molecule has 0 radical (unpaired) electrons. The number of hydrogen-bond donors (Lipinski definition) is 6. The van der Waals surface area contributed by atoms with E-state index in [0.717, 1.165) is 0 Å². The Kier molecular flexibility index (Phi) is 11.0. The van der Waals surface area contributed by atoms with Gasteiger partial charge in [-0.2, -0.15) is 0 Å². The average Bonchev–Trinajstić information content (AvgIpc) is 3.19. The Bertz CT molecular complexity index is 2970. The van der Waals surface area contributed by atoms with E-state index in [0.29, 0.717) is 44.8 Å². The highest BCUT2D eigenvalue weighted by atomic mass is 32.2. The van der Waals surface area contributed by atoms with Crippen molar-refractivity contribution in [2.45, 2.75) is 51.3 Å². The maximum absolute atomic E-state index is 14.5. The van der Waals surface area contributed by atoms with Gasteiger partial charge in [0.15, 0.2) is 11.6 Å². The number of anilines is 6. The summed E-state index contributed by atoms with van der Waals surface area (Å²) in [5, 5.41) is 25.4. The summed E-state index contributed by atoms with van der Waals surface area (Å²) < 4.78 is 60.8. The number of carbonyl (C=O) groups excluding carboxylic acids is 2.